The van der Waals surface area contributed by atoms with E-state index in [1.165, 1.54) is 37.1 Å². The molecule has 1 aliphatic heterocycles. The fourth-order valence-electron chi connectivity index (χ4n) is 4.60. The summed E-state index contributed by atoms with van der Waals surface area (Å²) < 4.78 is 0. The van der Waals surface area contributed by atoms with Crippen molar-refractivity contribution in [3.8, 4) is 0 Å². The van der Waals surface area contributed by atoms with E-state index in [0.717, 1.165) is 37.8 Å². The lowest BCUT2D eigenvalue weighted by Gasteiger charge is -2.34. The van der Waals surface area contributed by atoms with Gasteiger partial charge in [-0.3, -0.25) is 0 Å². The summed E-state index contributed by atoms with van der Waals surface area (Å²) in [6, 6.07) is 9.41. The molecule has 3 aliphatic rings. The van der Waals surface area contributed by atoms with Crippen molar-refractivity contribution in [2.75, 3.05) is 23.3 Å². The number of para-hydroxylation sites is 2. The minimum absolute atomic E-state index is 0.105. The Hall–Kier alpha value is -1.22. The van der Waals surface area contributed by atoms with Crippen molar-refractivity contribution in [1.29, 1.82) is 0 Å². The van der Waals surface area contributed by atoms with E-state index in [9.17, 15) is 5.11 Å². The van der Waals surface area contributed by atoms with Gasteiger partial charge in [-0.15, -0.1) is 0 Å². The number of piperidine rings is 1. The molecule has 114 valence electrons. The van der Waals surface area contributed by atoms with Gasteiger partial charge in [-0.2, -0.15) is 0 Å². The Bertz CT molecular complexity index is 496. The third kappa shape index (κ3) is 2.64. The predicted molar refractivity (Wildman–Crippen MR) is 86.8 cm³/mol. The van der Waals surface area contributed by atoms with Crippen LogP contribution in [0.5, 0.6) is 0 Å². The van der Waals surface area contributed by atoms with Crippen molar-refractivity contribution >= 4 is 11.4 Å². The largest absolute Gasteiger partial charge is 0.393 e. The van der Waals surface area contributed by atoms with Gasteiger partial charge in [0.15, 0.2) is 0 Å². The average Bonchev–Trinajstić information content (AvgIpc) is 3.11. The second-order valence-electron chi connectivity index (χ2n) is 7.16. The summed E-state index contributed by atoms with van der Waals surface area (Å²) in [5.74, 6) is 1.87. The lowest BCUT2D eigenvalue weighted by molar-refractivity contribution is 0.145. The number of hydrogen-bond acceptors (Lipinski definition) is 3. The van der Waals surface area contributed by atoms with Gasteiger partial charge in [0.25, 0.3) is 0 Å². The molecule has 3 atom stereocenters. The van der Waals surface area contributed by atoms with E-state index in [-0.39, 0.29) is 6.10 Å². The molecule has 3 nitrogen and oxygen atoms in total. The van der Waals surface area contributed by atoms with Crippen molar-refractivity contribution in [1.82, 2.24) is 0 Å². The van der Waals surface area contributed by atoms with Gasteiger partial charge in [-0.25, -0.2) is 0 Å². The van der Waals surface area contributed by atoms with E-state index in [1.54, 1.807) is 0 Å². The third-order valence-corrected chi connectivity index (χ3v) is 5.79. The zero-order chi connectivity index (χ0) is 14.2. The lowest BCUT2D eigenvalue weighted by atomic mass is 9.95. The van der Waals surface area contributed by atoms with Crippen LogP contribution in [0.25, 0.3) is 0 Å². The van der Waals surface area contributed by atoms with Crippen molar-refractivity contribution in [2.45, 2.75) is 50.7 Å². The minimum atomic E-state index is -0.105. The first kappa shape index (κ1) is 13.4. The summed E-state index contributed by atoms with van der Waals surface area (Å²) in [5.41, 5.74) is 2.62. The van der Waals surface area contributed by atoms with Gasteiger partial charge in [0, 0.05) is 19.1 Å². The zero-order valence-electron chi connectivity index (χ0n) is 12.7. The summed E-state index contributed by atoms with van der Waals surface area (Å²) >= 11 is 0. The number of benzene rings is 1. The fraction of sp³-hybridized carbons (Fsp3) is 0.667. The Morgan fingerprint density at radius 1 is 1.00 bits per heavy atom. The van der Waals surface area contributed by atoms with Gasteiger partial charge in [-0.1, -0.05) is 18.6 Å². The molecule has 0 amide bonds. The molecule has 0 unspecified atom stereocenters. The van der Waals surface area contributed by atoms with Crippen LogP contribution in [0.2, 0.25) is 0 Å². The van der Waals surface area contributed by atoms with E-state index in [2.05, 4.69) is 34.5 Å². The highest BCUT2D eigenvalue weighted by Crippen LogP contribution is 2.46. The number of hydrogen-bond donors (Lipinski definition) is 2. The SMILES string of the molecule is OC1CCN(c2ccccc2N[C@@H]2C[C@H]3CC[C@H]2C3)CC1. The zero-order valence-corrected chi connectivity index (χ0v) is 12.7. The first-order valence-corrected chi connectivity index (χ1v) is 8.58. The van der Waals surface area contributed by atoms with Gasteiger partial charge in [0.2, 0.25) is 0 Å². The molecule has 21 heavy (non-hydrogen) atoms. The molecule has 3 fully saturated rings. The predicted octanol–water partition coefficient (Wildman–Crippen LogP) is 3.25. The number of aliphatic hydroxyl groups excluding tert-OH is 1. The molecule has 1 saturated heterocycles. The van der Waals surface area contributed by atoms with Gasteiger partial charge in [0.1, 0.15) is 0 Å². The maximum atomic E-state index is 9.70. The summed E-state index contributed by atoms with van der Waals surface area (Å²) in [5, 5.41) is 13.5. The average molecular weight is 286 g/mol. The molecule has 0 spiro atoms. The third-order valence-electron chi connectivity index (χ3n) is 5.79. The van der Waals surface area contributed by atoms with Crippen LogP contribution in [0, 0.1) is 11.8 Å². The van der Waals surface area contributed by atoms with E-state index in [1.807, 2.05) is 0 Å². The molecular formula is C18H26N2O. The van der Waals surface area contributed by atoms with Crippen LogP contribution in [0.15, 0.2) is 24.3 Å². The van der Waals surface area contributed by atoms with Gasteiger partial charge >= 0.3 is 0 Å². The molecule has 3 heteroatoms. The van der Waals surface area contributed by atoms with Crippen LogP contribution < -0.4 is 10.2 Å². The number of anilines is 2. The maximum Gasteiger partial charge on any atom is 0.0602 e. The van der Waals surface area contributed by atoms with Gasteiger partial charge < -0.3 is 15.3 Å². The van der Waals surface area contributed by atoms with Crippen LogP contribution in [-0.2, 0) is 0 Å². The Morgan fingerprint density at radius 2 is 1.81 bits per heavy atom. The first-order chi connectivity index (χ1) is 10.3. The van der Waals surface area contributed by atoms with E-state index in [4.69, 9.17) is 0 Å². The highest BCUT2D eigenvalue weighted by atomic mass is 16.3. The number of aliphatic hydroxyl groups is 1. The van der Waals surface area contributed by atoms with Crippen LogP contribution >= 0.6 is 0 Å². The van der Waals surface area contributed by atoms with Crippen molar-refractivity contribution in [3.63, 3.8) is 0 Å². The maximum absolute atomic E-state index is 9.70. The minimum Gasteiger partial charge on any atom is -0.393 e. The number of nitrogens with zero attached hydrogens (tertiary/aromatic N) is 1. The van der Waals surface area contributed by atoms with Crippen molar-refractivity contribution in [3.05, 3.63) is 24.3 Å². The highest BCUT2D eigenvalue weighted by molar-refractivity contribution is 5.70. The Labute approximate surface area is 127 Å². The standard InChI is InChI=1S/C18H26N2O/c21-15-7-9-20(10-8-15)18-4-2-1-3-16(18)19-17-12-13-5-6-14(17)11-13/h1-4,13-15,17,19,21H,5-12H2/t13-,14-,17+/m0/s1. The molecule has 2 bridgehead atoms. The topological polar surface area (TPSA) is 35.5 Å². The summed E-state index contributed by atoms with van der Waals surface area (Å²) in [6.07, 6.45) is 7.35. The first-order valence-electron chi connectivity index (χ1n) is 8.58. The molecule has 0 radical (unpaired) electrons. The van der Waals surface area contributed by atoms with E-state index in [0.29, 0.717) is 6.04 Å². The summed E-state index contributed by atoms with van der Waals surface area (Å²) in [4.78, 5) is 2.43. The van der Waals surface area contributed by atoms with Gasteiger partial charge in [-0.05, 0) is 56.1 Å². The Balaban J connectivity index is 1.50. The van der Waals surface area contributed by atoms with Crippen molar-refractivity contribution in [2.24, 2.45) is 11.8 Å². The monoisotopic (exact) mass is 286 g/mol. The fourth-order valence-corrected chi connectivity index (χ4v) is 4.60. The van der Waals surface area contributed by atoms with Crippen LogP contribution in [0.4, 0.5) is 11.4 Å². The molecule has 1 heterocycles. The molecule has 2 saturated carbocycles. The smallest absolute Gasteiger partial charge is 0.0602 e. The molecule has 1 aromatic carbocycles. The van der Waals surface area contributed by atoms with Crippen LogP contribution in [-0.4, -0.2) is 30.3 Å². The highest BCUT2D eigenvalue weighted by Gasteiger charge is 2.39. The van der Waals surface area contributed by atoms with Crippen LogP contribution in [0.3, 0.4) is 0 Å². The molecule has 1 aromatic rings. The van der Waals surface area contributed by atoms with E-state index >= 15 is 0 Å². The Kier molecular flexibility index (Phi) is 3.54. The van der Waals surface area contributed by atoms with E-state index < -0.39 is 0 Å². The molecule has 2 aliphatic carbocycles. The molecule has 4 rings (SSSR count). The lowest BCUT2D eigenvalue weighted by Crippen LogP contribution is -2.36. The number of fused-ring (bicyclic) bond motifs is 2. The normalized spacial score (nSPS) is 32.6. The van der Waals surface area contributed by atoms with Crippen LogP contribution in [0.1, 0.15) is 38.5 Å². The number of rotatable bonds is 3. The second-order valence-corrected chi connectivity index (χ2v) is 7.16. The summed E-state index contributed by atoms with van der Waals surface area (Å²) in [7, 11) is 0. The molecule has 2 N–H and O–H groups in total. The Morgan fingerprint density at radius 3 is 2.52 bits per heavy atom. The number of nitrogens with one attached hydrogen (secondary N) is 1. The second kappa shape index (κ2) is 5.53. The molecular weight excluding hydrogens is 260 g/mol. The summed E-state index contributed by atoms with van der Waals surface area (Å²) in [6.45, 7) is 1.94. The van der Waals surface area contributed by atoms with Crippen molar-refractivity contribution < 1.29 is 5.11 Å². The van der Waals surface area contributed by atoms with Gasteiger partial charge in [0.05, 0.1) is 17.5 Å². The quantitative estimate of drug-likeness (QED) is 0.895. The molecule has 0 aromatic heterocycles.